The molecule has 7 nitrogen and oxygen atoms in total. The Morgan fingerprint density at radius 3 is 2.54 bits per heavy atom. The van der Waals surface area contributed by atoms with Crippen LogP contribution in [0.25, 0.3) is 0 Å². The van der Waals surface area contributed by atoms with Gasteiger partial charge in [-0.25, -0.2) is 8.42 Å². The third kappa shape index (κ3) is 4.89. The topological polar surface area (TPSA) is 93.7 Å². The number of anilines is 2. The smallest absolute Gasteiger partial charge is 0.261 e. The van der Waals surface area contributed by atoms with E-state index in [1.54, 1.807) is 38.1 Å². The second-order valence-electron chi connectivity index (χ2n) is 5.33. The summed E-state index contributed by atoms with van der Waals surface area (Å²) in [6, 6.07) is 10.9. The van der Waals surface area contributed by atoms with Crippen molar-refractivity contribution < 1.29 is 22.7 Å². The van der Waals surface area contributed by atoms with Crippen LogP contribution < -0.4 is 19.5 Å². The van der Waals surface area contributed by atoms with Crippen LogP contribution in [0.15, 0.2) is 47.4 Å². The zero-order valence-electron chi connectivity index (χ0n) is 14.9. The fraction of sp³-hybridized carbons (Fsp3) is 0.278. The summed E-state index contributed by atoms with van der Waals surface area (Å²) < 4.78 is 38.4. The number of sulfonamides is 1. The van der Waals surface area contributed by atoms with E-state index in [0.29, 0.717) is 29.5 Å². The molecule has 2 N–H and O–H groups in total. The van der Waals surface area contributed by atoms with Crippen molar-refractivity contribution >= 4 is 27.3 Å². The first-order chi connectivity index (χ1) is 12.4. The van der Waals surface area contributed by atoms with Gasteiger partial charge in [-0.1, -0.05) is 13.0 Å². The highest BCUT2D eigenvalue weighted by Gasteiger charge is 2.18. The Morgan fingerprint density at radius 2 is 1.88 bits per heavy atom. The Morgan fingerprint density at radius 1 is 1.12 bits per heavy atom. The summed E-state index contributed by atoms with van der Waals surface area (Å²) in [6.07, 6.45) is 0.268. The summed E-state index contributed by atoms with van der Waals surface area (Å²) in [5, 5.41) is 2.66. The molecule has 2 rings (SSSR count). The van der Waals surface area contributed by atoms with Crippen LogP contribution in [-0.2, 0) is 14.8 Å². The number of carbonyl (C=O) groups excluding carboxylic acids is 1. The van der Waals surface area contributed by atoms with Gasteiger partial charge in [-0.2, -0.15) is 0 Å². The number of methoxy groups -OCH3 is 1. The lowest BCUT2D eigenvalue weighted by Gasteiger charge is -2.14. The molecule has 0 aliphatic carbocycles. The fourth-order valence-corrected chi connectivity index (χ4v) is 3.27. The second kappa shape index (κ2) is 8.57. The molecule has 0 atom stereocenters. The minimum Gasteiger partial charge on any atom is -0.497 e. The lowest BCUT2D eigenvalue weighted by Crippen LogP contribution is -2.15. The molecule has 1 amide bonds. The molecule has 26 heavy (non-hydrogen) atoms. The third-order valence-corrected chi connectivity index (χ3v) is 4.86. The molecule has 2 aromatic carbocycles. The number of hydrogen-bond acceptors (Lipinski definition) is 5. The molecule has 0 aliphatic rings. The molecule has 0 radical (unpaired) electrons. The molecule has 0 saturated heterocycles. The summed E-state index contributed by atoms with van der Waals surface area (Å²) in [6.45, 7) is 3.91. The predicted molar refractivity (Wildman–Crippen MR) is 100 cm³/mol. The summed E-state index contributed by atoms with van der Waals surface area (Å²) in [5.41, 5.74) is 0.685. The molecule has 140 valence electrons. The zero-order valence-corrected chi connectivity index (χ0v) is 15.7. The van der Waals surface area contributed by atoms with Crippen LogP contribution >= 0.6 is 0 Å². The van der Waals surface area contributed by atoms with Gasteiger partial charge < -0.3 is 14.8 Å². The largest absolute Gasteiger partial charge is 0.497 e. The van der Waals surface area contributed by atoms with Gasteiger partial charge in [0.15, 0.2) is 0 Å². The molecule has 0 heterocycles. The zero-order chi connectivity index (χ0) is 19.2. The minimum absolute atomic E-state index is 0.00942. The Kier molecular flexibility index (Phi) is 6.46. The van der Waals surface area contributed by atoms with E-state index in [-0.39, 0.29) is 17.2 Å². The molecule has 0 spiro atoms. The lowest BCUT2D eigenvalue weighted by atomic mass is 10.3. The van der Waals surface area contributed by atoms with Crippen molar-refractivity contribution in [3.05, 3.63) is 42.5 Å². The molecule has 0 aromatic heterocycles. The molecule has 0 bridgehead atoms. The molecule has 0 unspecified atom stereocenters. The average Bonchev–Trinajstić information content (AvgIpc) is 2.62. The van der Waals surface area contributed by atoms with Crippen molar-refractivity contribution in [2.75, 3.05) is 23.8 Å². The molecule has 0 aliphatic heterocycles. The van der Waals surface area contributed by atoms with E-state index in [0.717, 1.165) is 0 Å². The van der Waals surface area contributed by atoms with E-state index in [2.05, 4.69) is 10.0 Å². The van der Waals surface area contributed by atoms with Crippen LogP contribution in [0.2, 0.25) is 0 Å². The molecular weight excluding hydrogens is 356 g/mol. The average molecular weight is 378 g/mol. The third-order valence-electron chi connectivity index (χ3n) is 3.48. The maximum Gasteiger partial charge on any atom is 0.261 e. The van der Waals surface area contributed by atoms with E-state index in [4.69, 9.17) is 9.47 Å². The minimum atomic E-state index is -3.85. The van der Waals surface area contributed by atoms with Crippen LogP contribution in [0.5, 0.6) is 11.5 Å². The van der Waals surface area contributed by atoms with Gasteiger partial charge in [-0.3, -0.25) is 9.52 Å². The fourth-order valence-electron chi connectivity index (χ4n) is 2.19. The van der Waals surface area contributed by atoms with Crippen molar-refractivity contribution in [3.63, 3.8) is 0 Å². The molecular formula is C18H22N2O5S. The Labute approximate surface area is 153 Å². The van der Waals surface area contributed by atoms with Gasteiger partial charge in [-0.15, -0.1) is 0 Å². The number of amides is 1. The normalized spacial score (nSPS) is 10.9. The highest BCUT2D eigenvalue weighted by atomic mass is 32.2. The number of carbonyl (C=O) groups is 1. The van der Waals surface area contributed by atoms with Gasteiger partial charge >= 0.3 is 0 Å². The first-order valence-corrected chi connectivity index (χ1v) is 9.61. The van der Waals surface area contributed by atoms with E-state index in [1.807, 2.05) is 0 Å². The second-order valence-corrected chi connectivity index (χ2v) is 7.01. The Hall–Kier alpha value is -2.74. The molecule has 8 heteroatoms. The number of benzene rings is 2. The highest BCUT2D eigenvalue weighted by molar-refractivity contribution is 7.92. The van der Waals surface area contributed by atoms with Crippen LogP contribution in [0.3, 0.4) is 0 Å². The predicted octanol–water partition coefficient (Wildman–Crippen LogP) is 3.24. The SMILES string of the molecule is CCOc1ccc(S(=O)(=O)Nc2cccc(OC)c2)cc1NC(=O)CC. The van der Waals surface area contributed by atoms with E-state index >= 15 is 0 Å². The standard InChI is InChI=1S/C18H22N2O5S/c1-4-18(21)19-16-12-15(9-10-17(16)25-5-2)26(22,23)20-13-7-6-8-14(11-13)24-3/h6-12,20H,4-5H2,1-3H3,(H,19,21). The number of nitrogens with one attached hydrogen (secondary N) is 2. The molecule has 2 aromatic rings. The van der Waals surface area contributed by atoms with Crippen LogP contribution in [0, 0.1) is 0 Å². The van der Waals surface area contributed by atoms with Gasteiger partial charge in [-0.05, 0) is 37.3 Å². The van der Waals surface area contributed by atoms with Crippen molar-refractivity contribution in [1.82, 2.24) is 0 Å². The lowest BCUT2D eigenvalue weighted by molar-refractivity contribution is -0.115. The van der Waals surface area contributed by atoms with Gasteiger partial charge in [0, 0.05) is 12.5 Å². The molecule has 0 saturated carbocycles. The first kappa shape index (κ1) is 19.6. The van der Waals surface area contributed by atoms with Crippen molar-refractivity contribution in [2.24, 2.45) is 0 Å². The van der Waals surface area contributed by atoms with E-state index < -0.39 is 10.0 Å². The summed E-state index contributed by atoms with van der Waals surface area (Å²) in [7, 11) is -2.34. The van der Waals surface area contributed by atoms with Gasteiger partial charge in [0.1, 0.15) is 11.5 Å². The van der Waals surface area contributed by atoms with Gasteiger partial charge in [0.25, 0.3) is 10.0 Å². The molecule has 0 fully saturated rings. The number of hydrogen-bond donors (Lipinski definition) is 2. The maximum atomic E-state index is 12.7. The van der Waals surface area contributed by atoms with Crippen LogP contribution in [0.4, 0.5) is 11.4 Å². The van der Waals surface area contributed by atoms with Gasteiger partial charge in [0.2, 0.25) is 5.91 Å². The number of ether oxygens (including phenoxy) is 2. The number of rotatable bonds is 8. The van der Waals surface area contributed by atoms with Gasteiger partial charge in [0.05, 0.1) is 30.0 Å². The Bertz CT molecular complexity index is 881. The summed E-state index contributed by atoms with van der Waals surface area (Å²) >= 11 is 0. The van der Waals surface area contributed by atoms with E-state index in [1.165, 1.54) is 25.3 Å². The van der Waals surface area contributed by atoms with Crippen molar-refractivity contribution in [1.29, 1.82) is 0 Å². The van der Waals surface area contributed by atoms with Crippen LogP contribution in [-0.4, -0.2) is 28.0 Å². The maximum absolute atomic E-state index is 12.7. The highest BCUT2D eigenvalue weighted by Crippen LogP contribution is 2.29. The van der Waals surface area contributed by atoms with Crippen molar-refractivity contribution in [3.8, 4) is 11.5 Å². The van der Waals surface area contributed by atoms with Crippen LogP contribution in [0.1, 0.15) is 20.3 Å². The summed E-state index contributed by atoms with van der Waals surface area (Å²) in [5.74, 6) is 0.712. The van der Waals surface area contributed by atoms with E-state index in [9.17, 15) is 13.2 Å². The quantitative estimate of drug-likeness (QED) is 0.735. The monoisotopic (exact) mass is 378 g/mol. The summed E-state index contributed by atoms with van der Waals surface area (Å²) in [4.78, 5) is 11.7. The Balaban J connectivity index is 2.35. The first-order valence-electron chi connectivity index (χ1n) is 8.13. The van der Waals surface area contributed by atoms with Crippen molar-refractivity contribution in [2.45, 2.75) is 25.2 Å².